The Kier molecular flexibility index (Phi) is 10.8. The first-order valence-electron chi connectivity index (χ1n) is 11.5. The van der Waals surface area contributed by atoms with E-state index in [-0.39, 0.29) is 5.75 Å². The van der Waals surface area contributed by atoms with Crippen molar-refractivity contribution in [3.8, 4) is 11.5 Å². The van der Waals surface area contributed by atoms with Gasteiger partial charge in [-0.05, 0) is 42.7 Å². The van der Waals surface area contributed by atoms with Crippen LogP contribution in [0, 0.1) is 0 Å². The van der Waals surface area contributed by atoms with Crippen LogP contribution in [0.15, 0.2) is 52.3 Å². The number of unbranched alkanes of at least 4 members (excludes halogenated alkanes) is 9. The van der Waals surface area contributed by atoms with Gasteiger partial charge in [0, 0.05) is 0 Å². The van der Waals surface area contributed by atoms with Gasteiger partial charge in [-0.1, -0.05) is 82.9 Å². The van der Waals surface area contributed by atoms with Gasteiger partial charge in [0.25, 0.3) is 20.2 Å². The summed E-state index contributed by atoms with van der Waals surface area (Å²) in [5.41, 5.74) is 1.11. The zero-order valence-corrected chi connectivity index (χ0v) is 20.7. The van der Waals surface area contributed by atoms with Crippen LogP contribution in [0.25, 0.3) is 0 Å². The Labute approximate surface area is 197 Å². The van der Waals surface area contributed by atoms with E-state index in [0.29, 0.717) is 0 Å². The highest BCUT2D eigenvalue weighted by atomic mass is 32.2. The molecule has 0 fully saturated rings. The monoisotopic (exact) mass is 498 g/mol. The normalized spacial score (nSPS) is 12.1. The first kappa shape index (κ1) is 27.3. The van der Waals surface area contributed by atoms with Crippen molar-refractivity contribution in [1.29, 1.82) is 0 Å². The minimum absolute atomic E-state index is 0.277. The zero-order chi connectivity index (χ0) is 24.3. The molecule has 0 atom stereocenters. The largest absolute Gasteiger partial charge is 0.456 e. The van der Waals surface area contributed by atoms with Gasteiger partial charge in [0.1, 0.15) is 16.4 Å². The van der Waals surface area contributed by atoms with Crippen LogP contribution < -0.4 is 4.74 Å². The van der Waals surface area contributed by atoms with Gasteiger partial charge in [0.2, 0.25) is 0 Å². The quantitative estimate of drug-likeness (QED) is 0.214. The second kappa shape index (κ2) is 13.1. The van der Waals surface area contributed by atoms with Crippen molar-refractivity contribution in [2.75, 3.05) is 0 Å². The van der Waals surface area contributed by atoms with Crippen LogP contribution in [0.3, 0.4) is 0 Å². The summed E-state index contributed by atoms with van der Waals surface area (Å²) in [6, 6.07) is 10.3. The molecule has 0 aliphatic heterocycles. The average Bonchev–Trinajstić information content (AvgIpc) is 2.74. The predicted octanol–water partition coefficient (Wildman–Crippen LogP) is 6.44. The number of rotatable bonds is 15. The molecule has 0 amide bonds. The molecule has 0 aliphatic carbocycles. The van der Waals surface area contributed by atoms with Gasteiger partial charge in [0.05, 0.1) is 0 Å². The lowest BCUT2D eigenvalue weighted by atomic mass is 10.0. The molecule has 9 heteroatoms. The smallest absolute Gasteiger partial charge is 0.299 e. The van der Waals surface area contributed by atoms with Gasteiger partial charge in [0.15, 0.2) is 4.90 Å². The summed E-state index contributed by atoms with van der Waals surface area (Å²) >= 11 is 0. The van der Waals surface area contributed by atoms with Crippen molar-refractivity contribution in [2.45, 2.75) is 87.3 Å². The maximum absolute atomic E-state index is 11.7. The van der Waals surface area contributed by atoms with E-state index >= 15 is 0 Å². The molecule has 7 nitrogen and oxygen atoms in total. The van der Waals surface area contributed by atoms with Crippen molar-refractivity contribution in [1.82, 2.24) is 0 Å². The first-order chi connectivity index (χ1) is 15.6. The third kappa shape index (κ3) is 9.44. The van der Waals surface area contributed by atoms with Crippen molar-refractivity contribution in [2.24, 2.45) is 0 Å². The molecule has 2 aromatic rings. The fourth-order valence-corrected chi connectivity index (χ4v) is 5.60. The lowest BCUT2D eigenvalue weighted by Crippen LogP contribution is -2.10. The van der Waals surface area contributed by atoms with E-state index in [4.69, 9.17) is 4.74 Å². The van der Waals surface area contributed by atoms with Crippen molar-refractivity contribution < 1.29 is 30.7 Å². The summed E-state index contributed by atoms with van der Waals surface area (Å²) in [7, 11) is -9.85. The first-order valence-corrected chi connectivity index (χ1v) is 14.4. The fourth-order valence-electron chi connectivity index (χ4n) is 3.70. The second-order valence-electron chi connectivity index (χ2n) is 8.21. The van der Waals surface area contributed by atoms with E-state index in [2.05, 4.69) is 6.92 Å². The van der Waals surface area contributed by atoms with E-state index in [9.17, 15) is 25.9 Å². The number of benzene rings is 2. The van der Waals surface area contributed by atoms with E-state index < -0.39 is 35.8 Å². The second-order valence-corrected chi connectivity index (χ2v) is 11.0. The molecule has 0 bridgehead atoms. The lowest BCUT2D eigenvalue weighted by molar-refractivity contribution is 0.437. The molecule has 0 spiro atoms. The van der Waals surface area contributed by atoms with Gasteiger partial charge in [-0.15, -0.1) is 0 Å². The van der Waals surface area contributed by atoms with E-state index in [1.54, 1.807) is 12.1 Å². The molecular formula is C24H34O7S2. The highest BCUT2D eigenvalue weighted by Crippen LogP contribution is 2.34. The molecule has 0 unspecified atom stereocenters. The maximum Gasteiger partial charge on any atom is 0.299 e. The molecule has 0 aliphatic rings. The van der Waals surface area contributed by atoms with Crippen LogP contribution in [0.2, 0.25) is 0 Å². The predicted molar refractivity (Wildman–Crippen MR) is 128 cm³/mol. The zero-order valence-electron chi connectivity index (χ0n) is 19.1. The molecule has 33 heavy (non-hydrogen) atoms. The summed E-state index contributed by atoms with van der Waals surface area (Å²) < 4.78 is 70.8. The van der Waals surface area contributed by atoms with Crippen LogP contribution >= 0.6 is 0 Å². The molecule has 2 aromatic carbocycles. The molecule has 0 aromatic heterocycles. The van der Waals surface area contributed by atoms with Gasteiger partial charge in [-0.3, -0.25) is 9.11 Å². The Bertz CT molecular complexity index is 1080. The highest BCUT2D eigenvalue weighted by Gasteiger charge is 2.28. The third-order valence-electron chi connectivity index (χ3n) is 5.45. The Morgan fingerprint density at radius 2 is 1.24 bits per heavy atom. The van der Waals surface area contributed by atoms with Crippen LogP contribution in [0.1, 0.15) is 76.7 Å². The van der Waals surface area contributed by atoms with Gasteiger partial charge < -0.3 is 4.74 Å². The Balaban J connectivity index is 1.88. The Morgan fingerprint density at radius 3 is 1.76 bits per heavy atom. The number of ether oxygens (including phenoxy) is 1. The fraction of sp³-hybridized carbons (Fsp3) is 0.500. The van der Waals surface area contributed by atoms with Crippen LogP contribution in [-0.4, -0.2) is 25.9 Å². The van der Waals surface area contributed by atoms with Crippen LogP contribution in [-0.2, 0) is 26.7 Å². The van der Waals surface area contributed by atoms with Gasteiger partial charge in [-0.2, -0.15) is 16.8 Å². The molecule has 0 heterocycles. The molecule has 0 radical (unpaired) electrons. The van der Waals surface area contributed by atoms with Gasteiger partial charge >= 0.3 is 0 Å². The molecule has 0 saturated carbocycles. The lowest BCUT2D eigenvalue weighted by Gasteiger charge is -2.12. The van der Waals surface area contributed by atoms with Crippen molar-refractivity contribution in [3.05, 3.63) is 48.0 Å². The van der Waals surface area contributed by atoms with Crippen molar-refractivity contribution >= 4 is 20.2 Å². The Hall–Kier alpha value is -1.94. The molecule has 184 valence electrons. The number of hydrogen-bond acceptors (Lipinski definition) is 5. The van der Waals surface area contributed by atoms with E-state index in [0.717, 1.165) is 24.5 Å². The maximum atomic E-state index is 11.7. The number of hydrogen-bond donors (Lipinski definition) is 2. The summed E-state index contributed by atoms with van der Waals surface area (Å²) in [5.74, 6) is -0.116. The molecule has 2 rings (SSSR count). The minimum Gasteiger partial charge on any atom is -0.456 e. The SMILES string of the molecule is CCCCCCCCCCCCc1ccc(Oc2cccc(S(=O)(=O)O)c2S(=O)(=O)O)cc1. The van der Waals surface area contributed by atoms with E-state index in [1.165, 1.54) is 69.9 Å². The van der Waals surface area contributed by atoms with Crippen LogP contribution in [0.5, 0.6) is 11.5 Å². The van der Waals surface area contributed by atoms with E-state index in [1.807, 2.05) is 12.1 Å². The molecule has 0 saturated heterocycles. The Morgan fingerprint density at radius 1 is 0.697 bits per heavy atom. The van der Waals surface area contributed by atoms with Crippen molar-refractivity contribution in [3.63, 3.8) is 0 Å². The number of aryl methyl sites for hydroxylation is 1. The summed E-state index contributed by atoms with van der Waals surface area (Å²) in [4.78, 5) is -1.94. The third-order valence-corrected chi connectivity index (χ3v) is 7.41. The molecular weight excluding hydrogens is 464 g/mol. The minimum atomic E-state index is -4.97. The average molecular weight is 499 g/mol. The molecule has 2 N–H and O–H groups in total. The summed E-state index contributed by atoms with van der Waals surface area (Å²) in [6.45, 7) is 2.23. The van der Waals surface area contributed by atoms with Crippen LogP contribution in [0.4, 0.5) is 0 Å². The highest BCUT2D eigenvalue weighted by molar-refractivity contribution is 7.89. The standard InChI is InChI=1S/C24H34O7S2/c1-2-3-4-5-6-7-8-9-10-11-13-20-16-18-21(19-17-20)31-22-14-12-15-23(32(25,26)27)24(22)33(28,29)30/h12,14-19H,2-11,13H2,1H3,(H,25,26,27)(H,28,29,30). The topological polar surface area (TPSA) is 118 Å². The van der Waals surface area contributed by atoms with Gasteiger partial charge in [-0.25, -0.2) is 0 Å². The summed E-state index contributed by atoms with van der Waals surface area (Å²) in [6.07, 6.45) is 13.6. The summed E-state index contributed by atoms with van der Waals surface area (Å²) in [5, 5.41) is 0.